The minimum Gasteiger partial charge on any atom is -0.497 e. The number of carbonyl (C=O) groups is 1. The second-order valence-corrected chi connectivity index (χ2v) is 4.97. The van der Waals surface area contributed by atoms with Crippen molar-refractivity contribution in [2.75, 3.05) is 20.2 Å². The molecule has 1 aromatic rings. The van der Waals surface area contributed by atoms with Gasteiger partial charge in [0.15, 0.2) is 5.78 Å². The van der Waals surface area contributed by atoms with E-state index in [0.717, 1.165) is 17.9 Å². The van der Waals surface area contributed by atoms with E-state index in [0.29, 0.717) is 12.6 Å². The maximum Gasteiger partial charge on any atom is 0.176 e. The molecule has 18 heavy (non-hydrogen) atoms. The molecule has 1 aliphatic rings. The molecule has 2 rings (SSSR count). The standard InChI is InChI=1S/C15H21NO2/c1-12-6-3-4-9-16(12)11-15(17)13-7-5-8-14(10-13)18-2/h5,7-8,10,12H,3-4,6,9,11H2,1-2H3. The molecule has 0 bridgehead atoms. The van der Waals surface area contributed by atoms with Crippen LogP contribution in [0.15, 0.2) is 24.3 Å². The molecule has 1 saturated heterocycles. The number of benzene rings is 1. The van der Waals surface area contributed by atoms with E-state index in [1.165, 1.54) is 19.3 Å². The highest BCUT2D eigenvalue weighted by atomic mass is 16.5. The monoisotopic (exact) mass is 247 g/mol. The minimum atomic E-state index is 0.183. The van der Waals surface area contributed by atoms with Crippen LogP contribution in [0, 0.1) is 0 Å². The fraction of sp³-hybridized carbons (Fsp3) is 0.533. The zero-order valence-corrected chi connectivity index (χ0v) is 11.2. The van der Waals surface area contributed by atoms with Gasteiger partial charge in [-0.05, 0) is 38.4 Å². The van der Waals surface area contributed by atoms with Crippen LogP contribution in [0.5, 0.6) is 5.75 Å². The molecule has 98 valence electrons. The zero-order valence-electron chi connectivity index (χ0n) is 11.2. The molecule has 1 aromatic carbocycles. The lowest BCUT2D eigenvalue weighted by molar-refractivity contribution is 0.0860. The Balaban J connectivity index is 2.02. The van der Waals surface area contributed by atoms with Crippen LogP contribution in [-0.4, -0.2) is 36.9 Å². The summed E-state index contributed by atoms with van der Waals surface area (Å²) in [5, 5.41) is 0. The van der Waals surface area contributed by atoms with Crippen LogP contribution in [0.4, 0.5) is 0 Å². The molecule has 0 amide bonds. The Morgan fingerprint density at radius 2 is 2.28 bits per heavy atom. The van der Waals surface area contributed by atoms with Crippen molar-refractivity contribution in [2.45, 2.75) is 32.2 Å². The van der Waals surface area contributed by atoms with E-state index in [9.17, 15) is 4.79 Å². The average molecular weight is 247 g/mol. The minimum absolute atomic E-state index is 0.183. The number of ketones is 1. The average Bonchev–Trinajstić information content (AvgIpc) is 2.41. The molecule has 0 saturated carbocycles. The van der Waals surface area contributed by atoms with Crippen LogP contribution in [0.2, 0.25) is 0 Å². The lowest BCUT2D eigenvalue weighted by Crippen LogP contribution is -2.40. The Morgan fingerprint density at radius 1 is 1.44 bits per heavy atom. The van der Waals surface area contributed by atoms with Gasteiger partial charge in [0.25, 0.3) is 0 Å². The largest absolute Gasteiger partial charge is 0.497 e. The van der Waals surface area contributed by atoms with Gasteiger partial charge >= 0.3 is 0 Å². The number of Topliss-reactive ketones (excluding diaryl/α,β-unsaturated/α-hetero) is 1. The second-order valence-electron chi connectivity index (χ2n) is 4.97. The molecule has 0 radical (unpaired) electrons. The smallest absolute Gasteiger partial charge is 0.176 e. The van der Waals surface area contributed by atoms with Crippen LogP contribution < -0.4 is 4.74 Å². The summed E-state index contributed by atoms with van der Waals surface area (Å²) in [7, 11) is 1.62. The fourth-order valence-corrected chi connectivity index (χ4v) is 2.46. The van der Waals surface area contributed by atoms with Gasteiger partial charge in [0, 0.05) is 11.6 Å². The maximum absolute atomic E-state index is 12.2. The Morgan fingerprint density at radius 3 is 3.00 bits per heavy atom. The van der Waals surface area contributed by atoms with Gasteiger partial charge in [-0.25, -0.2) is 0 Å². The summed E-state index contributed by atoms with van der Waals surface area (Å²) in [6.45, 7) is 3.77. The first-order valence-electron chi connectivity index (χ1n) is 6.62. The van der Waals surface area contributed by atoms with Gasteiger partial charge in [-0.3, -0.25) is 9.69 Å². The zero-order chi connectivity index (χ0) is 13.0. The normalized spacial score (nSPS) is 20.7. The summed E-state index contributed by atoms with van der Waals surface area (Å²) < 4.78 is 5.15. The van der Waals surface area contributed by atoms with E-state index in [1.807, 2.05) is 24.3 Å². The Kier molecular flexibility index (Phi) is 4.37. The Bertz CT molecular complexity index is 417. The van der Waals surface area contributed by atoms with E-state index in [4.69, 9.17) is 4.74 Å². The first kappa shape index (κ1) is 13.1. The number of nitrogens with zero attached hydrogens (tertiary/aromatic N) is 1. The number of methoxy groups -OCH3 is 1. The molecule has 3 heteroatoms. The lowest BCUT2D eigenvalue weighted by Gasteiger charge is -2.32. The molecule has 1 fully saturated rings. The van der Waals surface area contributed by atoms with E-state index < -0.39 is 0 Å². The third-order valence-electron chi connectivity index (χ3n) is 3.68. The molecule has 1 unspecified atom stereocenters. The van der Waals surface area contributed by atoms with Crippen LogP contribution >= 0.6 is 0 Å². The molecule has 0 N–H and O–H groups in total. The maximum atomic E-state index is 12.2. The number of hydrogen-bond donors (Lipinski definition) is 0. The molecule has 1 aliphatic heterocycles. The van der Waals surface area contributed by atoms with Crippen LogP contribution in [-0.2, 0) is 0 Å². The van der Waals surface area contributed by atoms with Crippen molar-refractivity contribution in [3.05, 3.63) is 29.8 Å². The predicted molar refractivity (Wildman–Crippen MR) is 72.2 cm³/mol. The summed E-state index contributed by atoms with van der Waals surface area (Å²) in [6.07, 6.45) is 3.69. The van der Waals surface area contributed by atoms with Gasteiger partial charge in [0.1, 0.15) is 5.75 Å². The lowest BCUT2D eigenvalue weighted by atomic mass is 10.0. The fourth-order valence-electron chi connectivity index (χ4n) is 2.46. The first-order chi connectivity index (χ1) is 8.70. The molecule has 0 aromatic heterocycles. The van der Waals surface area contributed by atoms with Crippen molar-refractivity contribution in [3.63, 3.8) is 0 Å². The van der Waals surface area contributed by atoms with Gasteiger partial charge in [0.2, 0.25) is 0 Å². The van der Waals surface area contributed by atoms with Crippen molar-refractivity contribution in [1.29, 1.82) is 0 Å². The topological polar surface area (TPSA) is 29.5 Å². The van der Waals surface area contributed by atoms with Crippen LogP contribution in [0.25, 0.3) is 0 Å². The molecule has 1 heterocycles. The Labute approximate surface area is 109 Å². The van der Waals surface area contributed by atoms with Gasteiger partial charge in [-0.1, -0.05) is 18.6 Å². The number of likely N-dealkylation sites (tertiary alicyclic amines) is 1. The summed E-state index contributed by atoms with van der Waals surface area (Å²) in [5.41, 5.74) is 0.743. The molecular weight excluding hydrogens is 226 g/mol. The van der Waals surface area contributed by atoms with Crippen molar-refractivity contribution in [2.24, 2.45) is 0 Å². The third kappa shape index (κ3) is 3.10. The van der Waals surface area contributed by atoms with E-state index in [1.54, 1.807) is 7.11 Å². The summed E-state index contributed by atoms with van der Waals surface area (Å²) in [6, 6.07) is 7.93. The summed E-state index contributed by atoms with van der Waals surface area (Å²) >= 11 is 0. The van der Waals surface area contributed by atoms with E-state index in [-0.39, 0.29) is 5.78 Å². The van der Waals surface area contributed by atoms with Gasteiger partial charge in [-0.15, -0.1) is 0 Å². The highest BCUT2D eigenvalue weighted by Gasteiger charge is 2.21. The highest BCUT2D eigenvalue weighted by molar-refractivity contribution is 5.97. The van der Waals surface area contributed by atoms with Crippen LogP contribution in [0.3, 0.4) is 0 Å². The van der Waals surface area contributed by atoms with Crippen molar-refractivity contribution < 1.29 is 9.53 Å². The third-order valence-corrected chi connectivity index (χ3v) is 3.68. The SMILES string of the molecule is COc1cccc(C(=O)CN2CCCCC2C)c1. The van der Waals surface area contributed by atoms with E-state index in [2.05, 4.69) is 11.8 Å². The molecule has 0 aliphatic carbocycles. The highest BCUT2D eigenvalue weighted by Crippen LogP contribution is 2.18. The van der Waals surface area contributed by atoms with Crippen LogP contribution in [0.1, 0.15) is 36.5 Å². The molecular formula is C15H21NO2. The Hall–Kier alpha value is -1.35. The molecule has 3 nitrogen and oxygen atoms in total. The number of rotatable bonds is 4. The summed E-state index contributed by atoms with van der Waals surface area (Å²) in [5.74, 6) is 0.926. The van der Waals surface area contributed by atoms with Gasteiger partial charge < -0.3 is 4.74 Å². The quantitative estimate of drug-likeness (QED) is 0.766. The van der Waals surface area contributed by atoms with Crippen molar-refractivity contribution in [3.8, 4) is 5.75 Å². The number of ether oxygens (including phenoxy) is 1. The van der Waals surface area contributed by atoms with Gasteiger partial charge in [-0.2, -0.15) is 0 Å². The number of piperidine rings is 1. The van der Waals surface area contributed by atoms with Crippen molar-refractivity contribution >= 4 is 5.78 Å². The van der Waals surface area contributed by atoms with Gasteiger partial charge in [0.05, 0.1) is 13.7 Å². The number of carbonyl (C=O) groups excluding carboxylic acids is 1. The molecule has 0 spiro atoms. The van der Waals surface area contributed by atoms with E-state index >= 15 is 0 Å². The number of hydrogen-bond acceptors (Lipinski definition) is 3. The second kappa shape index (κ2) is 6.01. The first-order valence-corrected chi connectivity index (χ1v) is 6.62. The molecule has 1 atom stereocenters. The van der Waals surface area contributed by atoms with Crippen molar-refractivity contribution in [1.82, 2.24) is 4.90 Å². The summed E-state index contributed by atoms with van der Waals surface area (Å²) in [4.78, 5) is 14.5. The predicted octanol–water partition coefficient (Wildman–Crippen LogP) is 2.75.